The van der Waals surface area contributed by atoms with Crippen molar-refractivity contribution < 1.29 is 9.84 Å². The molecule has 0 amide bonds. The number of aromatic hydroxyl groups is 1. The zero-order valence-corrected chi connectivity index (χ0v) is 15.4. The predicted octanol–water partition coefficient (Wildman–Crippen LogP) is 2.67. The molecule has 0 saturated heterocycles. The topological polar surface area (TPSA) is 72.2 Å². The molecule has 0 radical (unpaired) electrons. The molecule has 3 aromatic rings. The van der Waals surface area contributed by atoms with Crippen molar-refractivity contribution in [1.29, 1.82) is 0 Å². The molecule has 1 aromatic carbocycles. The third-order valence-electron chi connectivity index (χ3n) is 5.07. The second-order valence-corrected chi connectivity index (χ2v) is 6.84. The van der Waals surface area contributed by atoms with E-state index in [0.29, 0.717) is 11.9 Å². The van der Waals surface area contributed by atoms with E-state index in [0.717, 1.165) is 49.2 Å². The van der Waals surface area contributed by atoms with Gasteiger partial charge in [-0.25, -0.2) is 4.98 Å². The van der Waals surface area contributed by atoms with Gasteiger partial charge in [0.1, 0.15) is 5.75 Å². The second-order valence-electron chi connectivity index (χ2n) is 6.84. The number of rotatable bonds is 6. The molecule has 1 atom stereocenters. The fraction of sp³-hybridized carbons (Fsp3) is 0.333. The van der Waals surface area contributed by atoms with Crippen LogP contribution in [-0.4, -0.2) is 39.6 Å². The Labute approximate surface area is 158 Å². The molecule has 1 unspecified atom stereocenters. The molecule has 2 aromatic heterocycles. The van der Waals surface area contributed by atoms with E-state index in [-0.39, 0.29) is 5.88 Å². The number of hydrogen-bond donors (Lipinski definition) is 2. The van der Waals surface area contributed by atoms with Crippen LogP contribution in [0.2, 0.25) is 0 Å². The lowest BCUT2D eigenvalue weighted by atomic mass is 9.93. The van der Waals surface area contributed by atoms with E-state index >= 15 is 0 Å². The summed E-state index contributed by atoms with van der Waals surface area (Å²) in [4.78, 5) is 4.28. The second kappa shape index (κ2) is 7.80. The number of nitrogens with one attached hydrogen (secondary N) is 1. The minimum Gasteiger partial charge on any atom is -0.497 e. The molecular weight excluding hydrogens is 340 g/mol. The average molecular weight is 364 g/mol. The maximum absolute atomic E-state index is 10.6. The summed E-state index contributed by atoms with van der Waals surface area (Å²) in [5, 5.41) is 18.8. The van der Waals surface area contributed by atoms with Gasteiger partial charge in [-0.1, -0.05) is 18.2 Å². The van der Waals surface area contributed by atoms with Gasteiger partial charge in [-0.3, -0.25) is 0 Å². The molecule has 0 saturated carbocycles. The van der Waals surface area contributed by atoms with Gasteiger partial charge in [0.15, 0.2) is 5.82 Å². The van der Waals surface area contributed by atoms with E-state index in [4.69, 9.17) is 4.74 Å². The van der Waals surface area contributed by atoms with Gasteiger partial charge in [0.25, 0.3) is 0 Å². The van der Waals surface area contributed by atoms with Crippen LogP contribution in [0.5, 0.6) is 11.6 Å². The standard InChI is InChI=1S/C21H24N4O2/c1-27-17-6-4-5-15(13-17)10-12-22-16-8-9-19-18(14-16)21(26)25(24-19)20-7-2-3-11-23-20/h2-7,11,13,16,22,26H,8-10,12,14H2,1H3. The fourth-order valence-electron chi connectivity index (χ4n) is 3.62. The highest BCUT2D eigenvalue weighted by atomic mass is 16.5. The SMILES string of the molecule is COc1cccc(CCNC2CCc3nn(-c4ccccn4)c(O)c3C2)c1. The first-order valence-corrected chi connectivity index (χ1v) is 9.32. The Balaban J connectivity index is 1.39. The monoisotopic (exact) mass is 364 g/mol. The van der Waals surface area contributed by atoms with Crippen LogP contribution in [-0.2, 0) is 19.3 Å². The van der Waals surface area contributed by atoms with Gasteiger partial charge >= 0.3 is 0 Å². The summed E-state index contributed by atoms with van der Waals surface area (Å²) in [6.45, 7) is 0.891. The van der Waals surface area contributed by atoms with Crippen LogP contribution in [0, 0.1) is 0 Å². The molecule has 140 valence electrons. The third kappa shape index (κ3) is 3.80. The van der Waals surface area contributed by atoms with E-state index in [1.165, 1.54) is 5.56 Å². The van der Waals surface area contributed by atoms with Gasteiger partial charge < -0.3 is 15.2 Å². The molecule has 0 fully saturated rings. The molecule has 27 heavy (non-hydrogen) atoms. The van der Waals surface area contributed by atoms with Crippen molar-refractivity contribution in [3.05, 3.63) is 65.5 Å². The van der Waals surface area contributed by atoms with Crippen LogP contribution in [0.3, 0.4) is 0 Å². The summed E-state index contributed by atoms with van der Waals surface area (Å²) in [5.41, 5.74) is 3.17. The largest absolute Gasteiger partial charge is 0.497 e. The van der Waals surface area contributed by atoms with Crippen LogP contribution in [0.25, 0.3) is 5.82 Å². The van der Waals surface area contributed by atoms with Crippen molar-refractivity contribution in [3.63, 3.8) is 0 Å². The maximum atomic E-state index is 10.6. The summed E-state index contributed by atoms with van der Waals surface area (Å²) in [6, 6.07) is 14.1. The first-order valence-electron chi connectivity index (χ1n) is 9.32. The summed E-state index contributed by atoms with van der Waals surface area (Å²) in [7, 11) is 1.69. The Morgan fingerprint density at radius 1 is 1.26 bits per heavy atom. The Kier molecular flexibility index (Phi) is 5.07. The number of benzene rings is 1. The summed E-state index contributed by atoms with van der Waals surface area (Å²) >= 11 is 0. The summed E-state index contributed by atoms with van der Waals surface area (Å²) in [5.74, 6) is 1.75. The number of ether oxygens (including phenoxy) is 1. The Morgan fingerprint density at radius 2 is 2.19 bits per heavy atom. The number of nitrogens with zero attached hydrogens (tertiary/aromatic N) is 3. The number of hydrogen-bond acceptors (Lipinski definition) is 5. The summed E-state index contributed by atoms with van der Waals surface area (Å²) < 4.78 is 6.82. The van der Waals surface area contributed by atoms with E-state index < -0.39 is 0 Å². The molecule has 2 N–H and O–H groups in total. The van der Waals surface area contributed by atoms with Gasteiger partial charge in [0.05, 0.1) is 12.8 Å². The maximum Gasteiger partial charge on any atom is 0.219 e. The Bertz CT molecular complexity index is 908. The van der Waals surface area contributed by atoms with Gasteiger partial charge in [-0.05, 0) is 62.1 Å². The van der Waals surface area contributed by atoms with Crippen molar-refractivity contribution in [2.45, 2.75) is 31.7 Å². The molecule has 2 heterocycles. The summed E-state index contributed by atoms with van der Waals surface area (Å²) in [6.07, 6.45) is 5.31. The molecule has 0 spiro atoms. The number of fused-ring (bicyclic) bond motifs is 1. The van der Waals surface area contributed by atoms with Crippen LogP contribution in [0.4, 0.5) is 0 Å². The van der Waals surface area contributed by atoms with E-state index in [9.17, 15) is 5.11 Å². The van der Waals surface area contributed by atoms with Crippen LogP contribution >= 0.6 is 0 Å². The number of aryl methyl sites for hydroxylation is 1. The van der Waals surface area contributed by atoms with Crippen molar-refractivity contribution in [2.75, 3.05) is 13.7 Å². The lowest BCUT2D eigenvalue weighted by molar-refractivity contribution is 0.411. The van der Waals surface area contributed by atoms with Crippen molar-refractivity contribution in [3.8, 4) is 17.4 Å². The third-order valence-corrected chi connectivity index (χ3v) is 5.07. The highest BCUT2D eigenvalue weighted by molar-refractivity contribution is 5.39. The number of methoxy groups -OCH3 is 1. The minimum atomic E-state index is 0.211. The Hall–Kier alpha value is -2.86. The molecule has 4 rings (SSSR count). The minimum absolute atomic E-state index is 0.211. The average Bonchev–Trinajstić information content (AvgIpc) is 3.05. The molecule has 1 aliphatic carbocycles. The lowest BCUT2D eigenvalue weighted by Crippen LogP contribution is -2.35. The van der Waals surface area contributed by atoms with E-state index in [2.05, 4.69) is 27.5 Å². The molecular formula is C21H24N4O2. The highest BCUT2D eigenvalue weighted by Crippen LogP contribution is 2.30. The van der Waals surface area contributed by atoms with E-state index in [1.807, 2.05) is 30.3 Å². The highest BCUT2D eigenvalue weighted by Gasteiger charge is 2.26. The molecule has 6 nitrogen and oxygen atoms in total. The van der Waals surface area contributed by atoms with Crippen LogP contribution < -0.4 is 10.1 Å². The normalized spacial score (nSPS) is 16.1. The van der Waals surface area contributed by atoms with Gasteiger partial charge in [-0.15, -0.1) is 0 Å². The zero-order chi connectivity index (χ0) is 18.6. The first-order chi connectivity index (χ1) is 13.2. The van der Waals surface area contributed by atoms with Gasteiger partial charge in [0, 0.05) is 17.8 Å². The van der Waals surface area contributed by atoms with Gasteiger partial charge in [0.2, 0.25) is 5.88 Å². The Morgan fingerprint density at radius 3 is 3.00 bits per heavy atom. The zero-order valence-electron chi connectivity index (χ0n) is 15.4. The molecule has 0 aliphatic heterocycles. The number of aromatic nitrogens is 3. The molecule has 1 aliphatic rings. The van der Waals surface area contributed by atoms with Crippen molar-refractivity contribution in [1.82, 2.24) is 20.1 Å². The van der Waals surface area contributed by atoms with Crippen molar-refractivity contribution >= 4 is 0 Å². The quantitative estimate of drug-likeness (QED) is 0.704. The first kappa shape index (κ1) is 17.5. The number of pyridine rings is 1. The lowest BCUT2D eigenvalue weighted by Gasteiger charge is -2.22. The van der Waals surface area contributed by atoms with E-state index in [1.54, 1.807) is 18.0 Å². The fourth-order valence-corrected chi connectivity index (χ4v) is 3.62. The van der Waals surface area contributed by atoms with Crippen LogP contribution in [0.1, 0.15) is 23.2 Å². The van der Waals surface area contributed by atoms with Gasteiger partial charge in [-0.2, -0.15) is 9.78 Å². The predicted molar refractivity (Wildman–Crippen MR) is 104 cm³/mol. The molecule has 6 heteroatoms. The van der Waals surface area contributed by atoms with Crippen LogP contribution in [0.15, 0.2) is 48.7 Å². The van der Waals surface area contributed by atoms with Crippen molar-refractivity contribution in [2.24, 2.45) is 0 Å². The molecule has 0 bridgehead atoms. The smallest absolute Gasteiger partial charge is 0.219 e.